The van der Waals surface area contributed by atoms with E-state index in [2.05, 4.69) is 115 Å². The van der Waals surface area contributed by atoms with E-state index in [1.807, 2.05) is 159 Å². The van der Waals surface area contributed by atoms with Gasteiger partial charge in [0.05, 0.1) is 98.9 Å². The van der Waals surface area contributed by atoms with E-state index in [-0.39, 0.29) is 29.3 Å². The summed E-state index contributed by atoms with van der Waals surface area (Å²) in [6.07, 6.45) is 24.5. The molecule has 0 unspecified atom stereocenters. The maximum atomic E-state index is 13.6. The molecular weight excluding hydrogens is 1750 g/mol. The van der Waals surface area contributed by atoms with Crippen LogP contribution in [0.2, 0.25) is 0 Å². The SMILES string of the molecule is COc1ccc(COC[C@@H]2CCc3nc(-c4ccc(F)cc4)c(-c4ccnc(SC)n4)n32)cc1.COc1cccc(CN(C[C@@H]2CCc3nc(-c4ccc(F)cc4)c(-c4ccncc4)n32)C(C)C)c1.COc1cccc2c1CCN(C[C@@H]1CCc3nc(-c4ccc(F)cc4)c(-c4ccncc4)n31)C2.COc1cccc2c1CN(C[C@@H]1CCc3nc(-c4ccc(F)cc4)c(-c4ccncc4)n31)CC2. The molecule has 0 bridgehead atoms. The van der Waals surface area contributed by atoms with Crippen molar-refractivity contribution in [2.75, 3.05) is 74.0 Å². The van der Waals surface area contributed by atoms with Gasteiger partial charge in [-0.25, -0.2) is 47.5 Å². The lowest BCUT2D eigenvalue weighted by atomic mass is 9.98. The molecule has 0 radical (unpaired) electrons. The van der Waals surface area contributed by atoms with Gasteiger partial charge in [-0.15, -0.1) is 0 Å². The molecule has 0 saturated heterocycles. The first-order valence-electron chi connectivity index (χ1n) is 47.0. The Kier molecular flexibility index (Phi) is 28.5. The van der Waals surface area contributed by atoms with E-state index in [0.29, 0.717) is 42.5 Å². The molecule has 6 aliphatic heterocycles. The van der Waals surface area contributed by atoms with E-state index < -0.39 is 0 Å². The van der Waals surface area contributed by atoms with Crippen LogP contribution in [0.25, 0.3) is 90.2 Å². The summed E-state index contributed by atoms with van der Waals surface area (Å²) in [4.78, 5) is 49.5. The summed E-state index contributed by atoms with van der Waals surface area (Å²) in [5.41, 5.74) is 23.2. The van der Waals surface area contributed by atoms with Gasteiger partial charge in [0.15, 0.2) is 5.16 Å². The molecule has 0 amide bonds. The van der Waals surface area contributed by atoms with Crippen LogP contribution >= 0.6 is 11.8 Å². The van der Waals surface area contributed by atoms with Crippen molar-refractivity contribution < 1.29 is 41.2 Å². The molecule has 8 aromatic carbocycles. The normalized spacial score (nSPS) is 16.2. The van der Waals surface area contributed by atoms with Gasteiger partial charge in [0, 0.05) is 190 Å². The summed E-state index contributed by atoms with van der Waals surface area (Å²) >= 11 is 1.50. The van der Waals surface area contributed by atoms with Gasteiger partial charge < -0.3 is 42.0 Å². The van der Waals surface area contributed by atoms with Crippen LogP contribution in [-0.4, -0.2) is 158 Å². The molecule has 26 heteroatoms. The third kappa shape index (κ3) is 20.4. The van der Waals surface area contributed by atoms with Crippen LogP contribution in [0.3, 0.4) is 0 Å². The molecule has 8 aromatic heterocycles. The van der Waals surface area contributed by atoms with Crippen molar-refractivity contribution in [2.45, 2.75) is 140 Å². The maximum Gasteiger partial charge on any atom is 0.187 e. The summed E-state index contributed by atoms with van der Waals surface area (Å²) in [5.74, 6) is 7.00. The van der Waals surface area contributed by atoms with Crippen molar-refractivity contribution in [3.8, 4) is 113 Å². The van der Waals surface area contributed by atoms with Crippen molar-refractivity contribution >= 4 is 11.8 Å². The number of fused-ring (bicyclic) bond motifs is 6. The Morgan fingerprint density at radius 1 is 0.387 bits per heavy atom. The lowest BCUT2D eigenvalue weighted by Crippen LogP contribution is -2.35. The highest BCUT2D eigenvalue weighted by molar-refractivity contribution is 7.98. The average molecular weight is 1860 g/mol. The van der Waals surface area contributed by atoms with Gasteiger partial charge >= 0.3 is 0 Å². The first kappa shape index (κ1) is 92.3. The van der Waals surface area contributed by atoms with E-state index in [0.717, 1.165) is 259 Å². The number of methoxy groups -OCH3 is 4. The molecule has 21 nitrogen and oxygen atoms in total. The van der Waals surface area contributed by atoms with Crippen LogP contribution in [0, 0.1) is 23.3 Å². The predicted molar refractivity (Wildman–Crippen MR) is 528 cm³/mol. The zero-order valence-electron chi connectivity index (χ0n) is 78.0. The Morgan fingerprint density at radius 2 is 0.818 bits per heavy atom. The lowest BCUT2D eigenvalue weighted by Gasteiger charge is -2.32. The molecule has 22 rings (SSSR count). The van der Waals surface area contributed by atoms with E-state index >= 15 is 0 Å². The number of ether oxygens (including phenoxy) is 5. The number of hydrogen-bond donors (Lipinski definition) is 0. The van der Waals surface area contributed by atoms with Crippen molar-refractivity contribution in [1.82, 2.24) is 77.8 Å². The molecule has 0 fully saturated rings. The second-order valence-electron chi connectivity index (χ2n) is 35.7. The Morgan fingerprint density at radius 3 is 1.29 bits per heavy atom. The molecule has 6 aliphatic rings. The molecule has 0 N–H and O–H groups in total. The second kappa shape index (κ2) is 42.2. The fourth-order valence-corrected chi connectivity index (χ4v) is 20.6. The lowest BCUT2D eigenvalue weighted by molar-refractivity contribution is 0.0924. The van der Waals surface area contributed by atoms with Crippen LogP contribution < -0.4 is 18.9 Å². The number of aromatic nitrogens is 13. The van der Waals surface area contributed by atoms with Crippen molar-refractivity contribution in [2.24, 2.45) is 0 Å². The van der Waals surface area contributed by atoms with Crippen LogP contribution in [0.5, 0.6) is 23.0 Å². The third-order valence-electron chi connectivity index (χ3n) is 27.0. The van der Waals surface area contributed by atoms with E-state index in [4.69, 9.17) is 48.6 Å². The van der Waals surface area contributed by atoms with Gasteiger partial charge in [-0.3, -0.25) is 29.7 Å². The summed E-state index contributed by atoms with van der Waals surface area (Å²) in [7, 11) is 6.87. The van der Waals surface area contributed by atoms with Crippen molar-refractivity contribution in [3.63, 3.8) is 0 Å². The minimum atomic E-state index is -0.270. The number of pyridine rings is 3. The number of rotatable bonds is 26. The predicted octanol–water partition coefficient (Wildman–Crippen LogP) is 22.3. The molecule has 0 saturated carbocycles. The minimum absolute atomic E-state index is 0.137. The Bertz CT molecular complexity index is 6810. The van der Waals surface area contributed by atoms with Crippen LogP contribution in [-0.2, 0) is 69.5 Å². The summed E-state index contributed by atoms with van der Waals surface area (Å²) in [5, 5.41) is 0.698. The van der Waals surface area contributed by atoms with E-state index in [1.54, 1.807) is 46.8 Å². The zero-order chi connectivity index (χ0) is 94.0. The molecule has 698 valence electrons. The molecule has 0 aliphatic carbocycles. The molecule has 14 heterocycles. The first-order chi connectivity index (χ1) is 67.1. The van der Waals surface area contributed by atoms with Crippen LogP contribution in [0.15, 0.2) is 273 Å². The fraction of sp³-hybridized carbons (Fsp3) is 0.288. The van der Waals surface area contributed by atoms with Gasteiger partial charge in [-0.2, -0.15) is 0 Å². The number of halogens is 4. The second-order valence-corrected chi connectivity index (χ2v) is 36.5. The number of imidazole rings is 4. The quantitative estimate of drug-likeness (QED) is 0.0282. The number of aryl methyl sites for hydroxylation is 4. The standard InChI is InChI=1S/C29H31FN4O.2C28H27FN4O.C26H25FN4O2S/c1-20(2)33(18-21-5-4-6-26(17-21)35-3)19-25-11-12-27-32-28(22-7-9-24(30)10-8-22)29(34(25)27)23-13-15-31-16-14-23;1-34-25-4-2-3-21-17-32(16-13-24(21)25)18-23-9-10-26-31-27(19-5-7-22(29)8-6-19)28(33(23)26)20-11-14-30-15-12-20;1-34-25-4-2-3-19-13-16-32(18-24(19)25)17-23-9-10-26-31-27(20-5-7-22(29)8-6-20)28(33(23)26)21-11-14-30-15-12-21;1-32-21-10-3-17(4-11-21)15-33-16-20-9-12-23-30-24(18-5-7-19(27)8-6-18)25(31(20)23)22-13-14-28-26(29-22)34-2/h4-10,13-17,20,25H,11-12,18-19H2,1-3H3;2*2-8,11-12,14-15,23H,9-10,13,16-18H2,1H3;3-8,10-11,13-14,20H,9,12,15-16H2,1-2H3/t25-;2*23-;20-/m0000/s1. The zero-order valence-corrected chi connectivity index (χ0v) is 78.9. The monoisotopic (exact) mass is 1850 g/mol. The highest BCUT2D eigenvalue weighted by Crippen LogP contribution is 2.47. The fourth-order valence-electron chi connectivity index (χ4n) is 20.3. The highest BCUT2D eigenvalue weighted by atomic mass is 32.2. The molecule has 137 heavy (non-hydrogen) atoms. The summed E-state index contributed by atoms with van der Waals surface area (Å²) < 4.78 is 92.0. The Hall–Kier alpha value is -13.8. The van der Waals surface area contributed by atoms with Crippen LogP contribution in [0.1, 0.15) is 120 Å². The summed E-state index contributed by atoms with van der Waals surface area (Å²) in [6, 6.07) is 70.9. The number of thioether (sulfide) groups is 1. The molecule has 0 spiro atoms. The Balaban J connectivity index is 0.000000117. The topological polar surface area (TPSA) is 192 Å². The van der Waals surface area contributed by atoms with Gasteiger partial charge in [0.1, 0.15) is 69.6 Å². The van der Waals surface area contributed by atoms with Crippen molar-refractivity contribution in [3.05, 3.63) is 348 Å². The van der Waals surface area contributed by atoms with Crippen molar-refractivity contribution in [1.29, 1.82) is 0 Å². The Labute approximate surface area is 800 Å². The molecule has 4 atom stereocenters. The van der Waals surface area contributed by atoms with E-state index in [9.17, 15) is 17.6 Å². The summed E-state index contributed by atoms with van der Waals surface area (Å²) in [6.45, 7) is 13.2. The highest BCUT2D eigenvalue weighted by Gasteiger charge is 2.38. The van der Waals surface area contributed by atoms with Gasteiger partial charge in [0.2, 0.25) is 0 Å². The van der Waals surface area contributed by atoms with Gasteiger partial charge in [-0.05, 0) is 262 Å². The average Bonchev–Trinajstić information content (AvgIpc) is 1.61. The molecular formula is C111H110F4N16O5S. The number of nitrogens with zero attached hydrogens (tertiary/aromatic N) is 16. The van der Waals surface area contributed by atoms with Gasteiger partial charge in [-0.1, -0.05) is 60.3 Å². The van der Waals surface area contributed by atoms with Gasteiger partial charge in [0.25, 0.3) is 0 Å². The largest absolute Gasteiger partial charge is 0.497 e. The molecule has 16 aromatic rings. The maximum absolute atomic E-state index is 13.6. The third-order valence-corrected chi connectivity index (χ3v) is 27.6. The van der Waals surface area contributed by atoms with Crippen LogP contribution in [0.4, 0.5) is 17.6 Å². The minimum Gasteiger partial charge on any atom is -0.497 e. The van der Waals surface area contributed by atoms with E-state index in [1.165, 1.54) is 88.1 Å². The smallest absolute Gasteiger partial charge is 0.187 e. The number of benzene rings is 8. The number of hydrogen-bond acceptors (Lipinski definition) is 18. The first-order valence-corrected chi connectivity index (χ1v) is 48.2.